The van der Waals surface area contributed by atoms with Gasteiger partial charge in [-0.2, -0.15) is 0 Å². The number of pyridine rings is 2. The van der Waals surface area contributed by atoms with E-state index < -0.39 is 0 Å². The number of hydrogen-bond acceptors (Lipinski definition) is 3. The Morgan fingerprint density at radius 1 is 1.10 bits per heavy atom. The van der Waals surface area contributed by atoms with Gasteiger partial charge in [-0.15, -0.1) is 0 Å². The van der Waals surface area contributed by atoms with E-state index >= 15 is 0 Å². The highest BCUT2D eigenvalue weighted by molar-refractivity contribution is 9.10. The van der Waals surface area contributed by atoms with Crippen molar-refractivity contribution in [2.24, 2.45) is 0 Å². The van der Waals surface area contributed by atoms with E-state index in [0.29, 0.717) is 0 Å². The summed E-state index contributed by atoms with van der Waals surface area (Å²) in [7, 11) is 1.93. The highest BCUT2D eigenvalue weighted by atomic mass is 79.9. The second kappa shape index (κ2) is 5.69. The Kier molecular flexibility index (Phi) is 3.76. The SMILES string of the molecule is CNC(c1cnc2ccccc2c1)c1ncccc1Br. The van der Waals surface area contributed by atoms with Crippen molar-refractivity contribution in [3.8, 4) is 0 Å². The van der Waals surface area contributed by atoms with E-state index in [1.807, 2.05) is 43.6 Å². The minimum Gasteiger partial charge on any atom is -0.308 e. The maximum absolute atomic E-state index is 4.52. The van der Waals surface area contributed by atoms with Crippen molar-refractivity contribution in [3.63, 3.8) is 0 Å². The average molecular weight is 328 g/mol. The molecule has 0 radical (unpaired) electrons. The number of hydrogen-bond donors (Lipinski definition) is 1. The number of para-hydroxylation sites is 1. The Bertz CT molecular complexity index is 742. The summed E-state index contributed by atoms with van der Waals surface area (Å²) in [6, 6.07) is 14.2. The molecule has 4 heteroatoms. The molecule has 0 fully saturated rings. The second-order valence-electron chi connectivity index (χ2n) is 4.55. The Morgan fingerprint density at radius 3 is 2.75 bits per heavy atom. The minimum absolute atomic E-state index is 0.0164. The van der Waals surface area contributed by atoms with Crippen LogP contribution >= 0.6 is 15.9 Å². The quantitative estimate of drug-likeness (QED) is 0.797. The summed E-state index contributed by atoms with van der Waals surface area (Å²) in [6.07, 6.45) is 3.71. The molecule has 100 valence electrons. The van der Waals surface area contributed by atoms with Crippen molar-refractivity contribution in [1.82, 2.24) is 15.3 Å². The predicted molar refractivity (Wildman–Crippen MR) is 84.6 cm³/mol. The topological polar surface area (TPSA) is 37.8 Å². The Balaban J connectivity index is 2.10. The predicted octanol–water partition coefficient (Wildman–Crippen LogP) is 3.70. The molecular weight excluding hydrogens is 314 g/mol. The smallest absolute Gasteiger partial charge is 0.0775 e. The van der Waals surface area contributed by atoms with Gasteiger partial charge in [-0.1, -0.05) is 18.2 Å². The molecule has 0 spiro atoms. The van der Waals surface area contributed by atoms with Crippen LogP contribution in [0.2, 0.25) is 0 Å². The molecular formula is C16H14BrN3. The maximum Gasteiger partial charge on any atom is 0.0775 e. The van der Waals surface area contributed by atoms with Crippen LogP contribution in [0.4, 0.5) is 0 Å². The second-order valence-corrected chi connectivity index (χ2v) is 5.41. The van der Waals surface area contributed by atoms with E-state index in [1.54, 1.807) is 6.20 Å². The van der Waals surface area contributed by atoms with E-state index in [9.17, 15) is 0 Å². The monoisotopic (exact) mass is 327 g/mol. The maximum atomic E-state index is 4.52. The number of fused-ring (bicyclic) bond motifs is 1. The van der Waals surface area contributed by atoms with E-state index in [-0.39, 0.29) is 6.04 Å². The van der Waals surface area contributed by atoms with Gasteiger partial charge in [0.2, 0.25) is 0 Å². The molecule has 3 rings (SSSR count). The first-order valence-electron chi connectivity index (χ1n) is 6.42. The third-order valence-corrected chi connectivity index (χ3v) is 3.96. The highest BCUT2D eigenvalue weighted by Gasteiger charge is 2.16. The lowest BCUT2D eigenvalue weighted by Gasteiger charge is -2.17. The third-order valence-electron chi connectivity index (χ3n) is 3.29. The highest BCUT2D eigenvalue weighted by Crippen LogP contribution is 2.27. The van der Waals surface area contributed by atoms with Crippen molar-refractivity contribution in [2.45, 2.75) is 6.04 Å². The van der Waals surface area contributed by atoms with Crippen LogP contribution in [0, 0.1) is 0 Å². The van der Waals surface area contributed by atoms with Gasteiger partial charge in [0.15, 0.2) is 0 Å². The van der Waals surface area contributed by atoms with Gasteiger partial charge in [0.05, 0.1) is 17.3 Å². The summed E-state index contributed by atoms with van der Waals surface area (Å²) in [5, 5.41) is 4.44. The van der Waals surface area contributed by atoms with Gasteiger partial charge < -0.3 is 5.32 Å². The molecule has 0 aliphatic heterocycles. The van der Waals surface area contributed by atoms with Crippen LogP contribution in [-0.4, -0.2) is 17.0 Å². The van der Waals surface area contributed by atoms with Gasteiger partial charge >= 0.3 is 0 Å². The van der Waals surface area contributed by atoms with E-state index in [4.69, 9.17) is 0 Å². The molecule has 2 heterocycles. The average Bonchev–Trinajstić information content (AvgIpc) is 2.50. The third kappa shape index (κ3) is 2.44. The first-order valence-corrected chi connectivity index (χ1v) is 7.21. The zero-order valence-corrected chi connectivity index (χ0v) is 12.6. The molecule has 20 heavy (non-hydrogen) atoms. The first kappa shape index (κ1) is 13.2. The van der Waals surface area contributed by atoms with Gasteiger partial charge in [0.25, 0.3) is 0 Å². The molecule has 1 unspecified atom stereocenters. The standard InChI is InChI=1S/C16H14BrN3/c1-18-15(16-13(17)6-4-8-19-16)12-9-11-5-2-3-7-14(11)20-10-12/h2-10,15,18H,1H3. The van der Waals surface area contributed by atoms with Crippen LogP contribution in [0.25, 0.3) is 10.9 Å². The Labute approximate surface area is 126 Å². The molecule has 0 aliphatic carbocycles. The van der Waals surface area contributed by atoms with E-state index in [1.165, 1.54) is 0 Å². The molecule has 0 bridgehead atoms. The fourth-order valence-corrected chi connectivity index (χ4v) is 2.80. The van der Waals surface area contributed by atoms with Crippen molar-refractivity contribution in [1.29, 1.82) is 0 Å². The van der Waals surface area contributed by atoms with Crippen LogP contribution in [0.15, 0.2) is 59.3 Å². The lowest BCUT2D eigenvalue weighted by Crippen LogP contribution is -2.19. The summed E-state index contributed by atoms with van der Waals surface area (Å²) >= 11 is 3.56. The number of aromatic nitrogens is 2. The van der Waals surface area contributed by atoms with E-state index in [2.05, 4.69) is 43.3 Å². The summed E-state index contributed by atoms with van der Waals surface area (Å²) in [4.78, 5) is 8.99. The van der Waals surface area contributed by atoms with Crippen LogP contribution in [0.5, 0.6) is 0 Å². The molecule has 0 saturated heterocycles. The normalized spacial score (nSPS) is 12.5. The van der Waals surface area contributed by atoms with Crippen molar-refractivity contribution in [2.75, 3.05) is 7.05 Å². The summed E-state index contributed by atoms with van der Waals surface area (Å²) in [5.41, 5.74) is 3.07. The van der Waals surface area contributed by atoms with Crippen LogP contribution in [0.1, 0.15) is 17.3 Å². The van der Waals surface area contributed by atoms with Gasteiger partial charge in [-0.3, -0.25) is 9.97 Å². The van der Waals surface area contributed by atoms with Crippen molar-refractivity contribution in [3.05, 3.63) is 70.6 Å². The number of rotatable bonds is 3. The molecule has 3 nitrogen and oxygen atoms in total. The number of nitrogens with zero attached hydrogens (tertiary/aromatic N) is 2. The summed E-state index contributed by atoms with van der Waals surface area (Å²) in [6.45, 7) is 0. The van der Waals surface area contributed by atoms with Crippen molar-refractivity contribution >= 4 is 26.8 Å². The fourth-order valence-electron chi connectivity index (χ4n) is 2.32. The van der Waals surface area contributed by atoms with E-state index in [0.717, 1.165) is 26.6 Å². The largest absolute Gasteiger partial charge is 0.308 e. The zero-order valence-electron chi connectivity index (χ0n) is 11.0. The van der Waals surface area contributed by atoms with Gasteiger partial charge in [0, 0.05) is 22.3 Å². The lowest BCUT2D eigenvalue weighted by molar-refractivity contribution is 0.666. The van der Waals surface area contributed by atoms with Crippen LogP contribution in [0.3, 0.4) is 0 Å². The lowest BCUT2D eigenvalue weighted by atomic mass is 10.0. The molecule has 2 aromatic heterocycles. The fraction of sp³-hybridized carbons (Fsp3) is 0.125. The number of halogens is 1. The Morgan fingerprint density at radius 2 is 1.95 bits per heavy atom. The molecule has 1 N–H and O–H groups in total. The molecule has 3 aromatic rings. The van der Waals surface area contributed by atoms with Crippen molar-refractivity contribution < 1.29 is 0 Å². The number of nitrogens with one attached hydrogen (secondary N) is 1. The molecule has 0 saturated carbocycles. The molecule has 0 aliphatic rings. The summed E-state index contributed by atoms with van der Waals surface area (Å²) < 4.78 is 0.993. The summed E-state index contributed by atoms with van der Waals surface area (Å²) in [5.74, 6) is 0. The van der Waals surface area contributed by atoms with Crippen LogP contribution in [-0.2, 0) is 0 Å². The van der Waals surface area contributed by atoms with Gasteiger partial charge in [-0.05, 0) is 52.8 Å². The number of benzene rings is 1. The minimum atomic E-state index is 0.0164. The van der Waals surface area contributed by atoms with Crippen LogP contribution < -0.4 is 5.32 Å². The first-order chi connectivity index (χ1) is 9.79. The zero-order chi connectivity index (χ0) is 13.9. The molecule has 1 atom stereocenters. The van der Waals surface area contributed by atoms with Gasteiger partial charge in [-0.25, -0.2) is 0 Å². The molecule has 1 aromatic carbocycles. The Hall–Kier alpha value is -1.78. The van der Waals surface area contributed by atoms with Gasteiger partial charge in [0.1, 0.15) is 0 Å². The molecule has 0 amide bonds.